The maximum Gasteiger partial charge on any atom is 0.306 e. The quantitative estimate of drug-likeness (QED) is 0.0261. The van der Waals surface area contributed by atoms with E-state index in [-0.39, 0.29) is 31.6 Å². The van der Waals surface area contributed by atoms with Crippen LogP contribution in [0.15, 0.2) is 146 Å². The molecule has 0 spiro atoms. The number of esters is 3. The molecule has 0 aromatic heterocycles. The van der Waals surface area contributed by atoms with Crippen molar-refractivity contribution in [2.24, 2.45) is 0 Å². The Balaban J connectivity index is 4.51. The van der Waals surface area contributed by atoms with Crippen molar-refractivity contribution in [1.82, 2.24) is 0 Å². The molecule has 0 aliphatic heterocycles. The highest BCUT2D eigenvalue weighted by atomic mass is 16.6. The summed E-state index contributed by atoms with van der Waals surface area (Å²) in [5.41, 5.74) is 0. The zero-order valence-corrected chi connectivity index (χ0v) is 48.3. The first kappa shape index (κ1) is 70.3. The molecule has 0 fully saturated rings. The number of unbranched alkanes of at least 4 members (excludes halogenated alkanes) is 18. The minimum absolute atomic E-state index is 0.120. The van der Waals surface area contributed by atoms with Gasteiger partial charge in [-0.3, -0.25) is 14.4 Å². The van der Waals surface area contributed by atoms with E-state index in [0.717, 1.165) is 128 Å². The molecular weight excluding hydrogens is 925 g/mol. The Kier molecular flexibility index (Phi) is 58.0. The number of allylic oxidation sites excluding steroid dienone is 24. The predicted octanol–water partition coefficient (Wildman–Crippen LogP) is 20.8. The fraction of sp³-hybridized carbons (Fsp3) is 0.609. The normalized spacial score (nSPS) is 13.2. The number of hydrogen-bond acceptors (Lipinski definition) is 6. The standard InChI is InChI=1S/C69H110O6/c1-4-7-10-13-16-19-22-25-28-30-32-33-34-35-37-38-41-44-47-50-53-56-59-62-68(71)74-65-66(64-73-67(70)61-58-55-52-49-46-43-40-27-24-21-18-15-12-9-6-3)75-69(72)63-60-57-54-51-48-45-42-39-36-31-29-26-23-20-17-14-11-8-5-2/h7-8,10-11,16-21,25-29,32-33,36,39-40,45,48,54,57,66H,4-6,9,12-15,22-24,30-31,34-35,37-38,41-44,46-47,49-53,55-56,58-65H2,1-3H3/b10-7-,11-8-,19-16-,20-17-,21-18-,28-25-,29-26-,33-32-,39-36-,40-27-,48-45-,57-54-. The summed E-state index contributed by atoms with van der Waals surface area (Å²) in [6.07, 6.45) is 88.5. The topological polar surface area (TPSA) is 78.9 Å². The lowest BCUT2D eigenvalue weighted by atomic mass is 10.1. The first-order chi connectivity index (χ1) is 37.0. The van der Waals surface area contributed by atoms with Crippen LogP contribution in [0.4, 0.5) is 0 Å². The Morgan fingerprint density at radius 1 is 0.280 bits per heavy atom. The highest BCUT2D eigenvalue weighted by Crippen LogP contribution is 2.14. The summed E-state index contributed by atoms with van der Waals surface area (Å²) >= 11 is 0. The largest absolute Gasteiger partial charge is 0.462 e. The maximum atomic E-state index is 12.9. The summed E-state index contributed by atoms with van der Waals surface area (Å²) in [4.78, 5) is 38.2. The van der Waals surface area contributed by atoms with Gasteiger partial charge in [0.1, 0.15) is 13.2 Å². The third-order valence-electron chi connectivity index (χ3n) is 12.3. The van der Waals surface area contributed by atoms with Gasteiger partial charge in [-0.2, -0.15) is 0 Å². The van der Waals surface area contributed by atoms with Gasteiger partial charge in [-0.1, -0.05) is 250 Å². The second-order valence-electron chi connectivity index (χ2n) is 19.5. The van der Waals surface area contributed by atoms with E-state index < -0.39 is 12.1 Å². The molecule has 0 amide bonds. The van der Waals surface area contributed by atoms with Gasteiger partial charge >= 0.3 is 17.9 Å². The molecule has 0 aliphatic rings. The van der Waals surface area contributed by atoms with Gasteiger partial charge in [0.15, 0.2) is 6.10 Å². The summed E-state index contributed by atoms with van der Waals surface area (Å²) in [5, 5.41) is 0. The van der Waals surface area contributed by atoms with Crippen LogP contribution in [0.25, 0.3) is 0 Å². The summed E-state index contributed by atoms with van der Waals surface area (Å²) in [6, 6.07) is 0. The third kappa shape index (κ3) is 60.0. The van der Waals surface area contributed by atoms with Crippen LogP contribution in [0.5, 0.6) is 0 Å². The predicted molar refractivity (Wildman–Crippen MR) is 325 cm³/mol. The van der Waals surface area contributed by atoms with Gasteiger partial charge in [-0.25, -0.2) is 0 Å². The average molecular weight is 1040 g/mol. The van der Waals surface area contributed by atoms with Crippen molar-refractivity contribution in [3.8, 4) is 0 Å². The third-order valence-corrected chi connectivity index (χ3v) is 12.3. The molecule has 0 N–H and O–H groups in total. The van der Waals surface area contributed by atoms with Gasteiger partial charge in [-0.05, 0) is 128 Å². The molecule has 0 bridgehead atoms. The summed E-state index contributed by atoms with van der Waals surface area (Å²) in [5.74, 6) is -1.03. The molecule has 1 unspecified atom stereocenters. The minimum atomic E-state index is -0.833. The van der Waals surface area contributed by atoms with E-state index in [4.69, 9.17) is 14.2 Å². The molecule has 0 aromatic carbocycles. The number of hydrogen-bond donors (Lipinski definition) is 0. The lowest BCUT2D eigenvalue weighted by Crippen LogP contribution is -2.30. The Morgan fingerprint density at radius 3 is 0.867 bits per heavy atom. The fourth-order valence-electron chi connectivity index (χ4n) is 7.84. The Hall–Kier alpha value is -4.71. The minimum Gasteiger partial charge on any atom is -0.462 e. The van der Waals surface area contributed by atoms with E-state index in [1.807, 2.05) is 12.2 Å². The van der Waals surface area contributed by atoms with E-state index in [1.165, 1.54) is 77.0 Å². The van der Waals surface area contributed by atoms with Crippen molar-refractivity contribution in [2.45, 2.75) is 258 Å². The lowest BCUT2D eigenvalue weighted by molar-refractivity contribution is -0.166. The van der Waals surface area contributed by atoms with Gasteiger partial charge in [0.05, 0.1) is 0 Å². The molecule has 0 radical (unpaired) electrons. The van der Waals surface area contributed by atoms with Crippen LogP contribution in [0, 0.1) is 0 Å². The number of rotatable bonds is 53. The Bertz CT molecular complexity index is 1660. The van der Waals surface area contributed by atoms with Gasteiger partial charge in [-0.15, -0.1) is 0 Å². The second-order valence-corrected chi connectivity index (χ2v) is 19.5. The molecule has 6 nitrogen and oxygen atoms in total. The van der Waals surface area contributed by atoms with Crippen LogP contribution < -0.4 is 0 Å². The van der Waals surface area contributed by atoms with Crippen LogP contribution >= 0.6 is 0 Å². The molecule has 422 valence electrons. The molecule has 0 rings (SSSR count). The van der Waals surface area contributed by atoms with E-state index in [9.17, 15) is 14.4 Å². The molecule has 0 saturated carbocycles. The monoisotopic (exact) mass is 1030 g/mol. The fourth-order valence-corrected chi connectivity index (χ4v) is 7.84. The SMILES string of the molecule is CC/C=C\C/C=C\C/C=C\C/C=C\C/C=C\C/C=C\CCC(=O)OC(COC(=O)CCCCCCC/C=C\C/C=C\CCCCC)COC(=O)CCCCCCCCCCCC/C=C\C/C=C\C/C=C\C/C=C\CC. The van der Waals surface area contributed by atoms with Crippen LogP contribution in [-0.4, -0.2) is 37.2 Å². The highest BCUT2D eigenvalue weighted by Gasteiger charge is 2.19. The first-order valence-corrected chi connectivity index (χ1v) is 30.3. The highest BCUT2D eigenvalue weighted by molar-refractivity contribution is 5.71. The Morgan fingerprint density at radius 2 is 0.547 bits per heavy atom. The van der Waals surface area contributed by atoms with Crippen molar-refractivity contribution in [2.75, 3.05) is 13.2 Å². The van der Waals surface area contributed by atoms with Gasteiger partial charge in [0.2, 0.25) is 0 Å². The molecule has 0 aliphatic carbocycles. The van der Waals surface area contributed by atoms with E-state index >= 15 is 0 Å². The zero-order chi connectivity index (χ0) is 54.3. The zero-order valence-electron chi connectivity index (χ0n) is 48.3. The van der Waals surface area contributed by atoms with E-state index in [0.29, 0.717) is 19.3 Å². The molecule has 0 aromatic rings. The van der Waals surface area contributed by atoms with Crippen molar-refractivity contribution < 1.29 is 28.6 Å². The maximum absolute atomic E-state index is 12.9. The second kappa shape index (κ2) is 61.8. The molecule has 1 atom stereocenters. The van der Waals surface area contributed by atoms with E-state index in [1.54, 1.807) is 0 Å². The summed E-state index contributed by atoms with van der Waals surface area (Å²) in [6.45, 7) is 6.31. The van der Waals surface area contributed by atoms with Gasteiger partial charge in [0.25, 0.3) is 0 Å². The van der Waals surface area contributed by atoms with Gasteiger partial charge in [0, 0.05) is 19.3 Å². The average Bonchev–Trinajstić information content (AvgIpc) is 3.41. The van der Waals surface area contributed by atoms with Crippen molar-refractivity contribution >= 4 is 17.9 Å². The molecule has 6 heteroatoms. The van der Waals surface area contributed by atoms with E-state index in [2.05, 4.69) is 154 Å². The molecule has 0 heterocycles. The lowest BCUT2D eigenvalue weighted by Gasteiger charge is -2.18. The molecule has 0 saturated heterocycles. The van der Waals surface area contributed by atoms with Crippen LogP contribution in [0.3, 0.4) is 0 Å². The summed E-state index contributed by atoms with van der Waals surface area (Å²) < 4.78 is 16.8. The molecular formula is C69H110O6. The van der Waals surface area contributed by atoms with Crippen molar-refractivity contribution in [1.29, 1.82) is 0 Å². The van der Waals surface area contributed by atoms with Crippen LogP contribution in [-0.2, 0) is 28.6 Å². The number of ether oxygens (including phenoxy) is 3. The van der Waals surface area contributed by atoms with Gasteiger partial charge < -0.3 is 14.2 Å². The van der Waals surface area contributed by atoms with Crippen molar-refractivity contribution in [3.05, 3.63) is 146 Å². The first-order valence-electron chi connectivity index (χ1n) is 30.3. The number of carbonyl (C=O) groups excluding carboxylic acids is 3. The smallest absolute Gasteiger partial charge is 0.306 e. The Labute approximate surface area is 461 Å². The summed E-state index contributed by atoms with van der Waals surface area (Å²) in [7, 11) is 0. The van der Waals surface area contributed by atoms with Crippen LogP contribution in [0.2, 0.25) is 0 Å². The number of carbonyl (C=O) groups is 3. The molecule has 75 heavy (non-hydrogen) atoms. The van der Waals surface area contributed by atoms with Crippen LogP contribution in [0.1, 0.15) is 252 Å². The van der Waals surface area contributed by atoms with Crippen molar-refractivity contribution in [3.63, 3.8) is 0 Å².